The van der Waals surface area contributed by atoms with Crippen molar-refractivity contribution in [3.63, 3.8) is 0 Å². The van der Waals surface area contributed by atoms with Gasteiger partial charge in [0.2, 0.25) is 0 Å². The van der Waals surface area contributed by atoms with Crippen molar-refractivity contribution in [1.82, 2.24) is 20.2 Å². The summed E-state index contributed by atoms with van der Waals surface area (Å²) in [5.41, 5.74) is 0.869. The van der Waals surface area contributed by atoms with Gasteiger partial charge in [-0.15, -0.1) is 0 Å². The van der Waals surface area contributed by atoms with Gasteiger partial charge in [-0.25, -0.2) is 9.97 Å². The van der Waals surface area contributed by atoms with E-state index in [1.54, 1.807) is 18.6 Å². The van der Waals surface area contributed by atoms with Crippen molar-refractivity contribution in [1.29, 1.82) is 0 Å². The molecule has 0 atom stereocenters. The van der Waals surface area contributed by atoms with Crippen LogP contribution in [0, 0.1) is 0 Å². The van der Waals surface area contributed by atoms with Gasteiger partial charge in [-0.3, -0.25) is 5.10 Å². The molecule has 0 aliphatic carbocycles. The van der Waals surface area contributed by atoms with Crippen LogP contribution in [-0.2, 0) is 0 Å². The number of halogens is 1. The summed E-state index contributed by atoms with van der Waals surface area (Å²) in [5.74, 6) is 1.41. The second-order valence-corrected chi connectivity index (χ2v) is 3.48. The van der Waals surface area contributed by atoms with Crippen molar-refractivity contribution in [3.8, 4) is 11.4 Å². The summed E-state index contributed by atoms with van der Waals surface area (Å²) in [4.78, 5) is 8.48. The van der Waals surface area contributed by atoms with E-state index in [-0.39, 0.29) is 0 Å². The van der Waals surface area contributed by atoms with Crippen LogP contribution < -0.4 is 5.32 Å². The van der Waals surface area contributed by atoms with Crippen LogP contribution in [0.5, 0.6) is 0 Å². The highest BCUT2D eigenvalue weighted by Crippen LogP contribution is 2.21. The molecule has 2 aromatic heterocycles. The van der Waals surface area contributed by atoms with E-state index in [4.69, 9.17) is 0 Å². The fraction of sp³-hybridized carbons (Fsp3) is 0.125. The third-order valence-corrected chi connectivity index (χ3v) is 2.32. The topological polar surface area (TPSA) is 66.5 Å². The molecule has 0 bridgehead atoms. The fourth-order valence-corrected chi connectivity index (χ4v) is 1.44. The molecule has 0 saturated carbocycles. The lowest BCUT2D eigenvalue weighted by Gasteiger charge is -2.03. The molecule has 2 N–H and O–H groups in total. The van der Waals surface area contributed by atoms with Crippen molar-refractivity contribution in [3.05, 3.63) is 23.1 Å². The summed E-state index contributed by atoms with van der Waals surface area (Å²) < 4.78 is 0.840. The van der Waals surface area contributed by atoms with Crippen molar-refractivity contribution in [2.24, 2.45) is 0 Å². The fourth-order valence-electron chi connectivity index (χ4n) is 1.05. The molecule has 0 saturated heterocycles. The Kier molecular flexibility index (Phi) is 2.45. The highest BCUT2D eigenvalue weighted by atomic mass is 79.9. The minimum atomic E-state index is 0.645. The second kappa shape index (κ2) is 3.75. The molecular formula is C8H8BrN5. The molecule has 0 aliphatic rings. The van der Waals surface area contributed by atoms with Crippen molar-refractivity contribution < 1.29 is 0 Å². The monoisotopic (exact) mass is 253 g/mol. The molecule has 0 spiro atoms. The van der Waals surface area contributed by atoms with Gasteiger partial charge in [0.25, 0.3) is 0 Å². The number of rotatable bonds is 2. The van der Waals surface area contributed by atoms with E-state index >= 15 is 0 Å². The molecule has 0 fully saturated rings. The predicted molar refractivity (Wildman–Crippen MR) is 56.9 cm³/mol. The van der Waals surface area contributed by atoms with E-state index in [2.05, 4.69) is 41.4 Å². The van der Waals surface area contributed by atoms with Gasteiger partial charge in [-0.1, -0.05) is 0 Å². The van der Waals surface area contributed by atoms with Gasteiger partial charge < -0.3 is 5.32 Å². The van der Waals surface area contributed by atoms with E-state index in [0.717, 1.165) is 15.9 Å². The second-order valence-electron chi connectivity index (χ2n) is 2.63. The summed E-state index contributed by atoms with van der Waals surface area (Å²) in [6, 6.07) is 0. The lowest BCUT2D eigenvalue weighted by molar-refractivity contribution is 1.09. The van der Waals surface area contributed by atoms with Crippen LogP contribution in [0.25, 0.3) is 11.4 Å². The Morgan fingerprint density at radius 2 is 2.29 bits per heavy atom. The molecule has 5 nitrogen and oxygen atoms in total. The quantitative estimate of drug-likeness (QED) is 0.855. The minimum absolute atomic E-state index is 0.645. The molecule has 0 aromatic carbocycles. The Balaban J connectivity index is 2.46. The molecule has 2 rings (SSSR count). The predicted octanol–water partition coefficient (Wildman–Crippen LogP) is 1.67. The zero-order valence-electron chi connectivity index (χ0n) is 7.45. The van der Waals surface area contributed by atoms with Gasteiger partial charge in [0.05, 0.1) is 16.2 Å². The van der Waals surface area contributed by atoms with Crippen LogP contribution in [-0.4, -0.2) is 27.2 Å². The molecule has 0 radical (unpaired) electrons. The Labute approximate surface area is 89.1 Å². The summed E-state index contributed by atoms with van der Waals surface area (Å²) in [7, 11) is 1.81. The van der Waals surface area contributed by atoms with Gasteiger partial charge in [0.1, 0.15) is 5.82 Å². The van der Waals surface area contributed by atoms with Gasteiger partial charge in [0.15, 0.2) is 5.82 Å². The molecular weight excluding hydrogens is 246 g/mol. The standard InChI is InChI=1S/C8H8BrN5/c1-10-8-6(9)4-11-7(14-8)5-2-12-13-3-5/h2-4H,1H3,(H,12,13)(H,10,11,14). The number of anilines is 1. The molecule has 2 heterocycles. The maximum absolute atomic E-state index is 4.30. The highest BCUT2D eigenvalue weighted by Gasteiger charge is 2.05. The van der Waals surface area contributed by atoms with Crippen LogP contribution in [0.2, 0.25) is 0 Å². The van der Waals surface area contributed by atoms with Crippen molar-refractivity contribution >= 4 is 21.7 Å². The molecule has 0 unspecified atom stereocenters. The molecule has 2 aromatic rings. The third kappa shape index (κ3) is 1.60. The number of aromatic amines is 1. The normalized spacial score (nSPS) is 10.1. The smallest absolute Gasteiger partial charge is 0.164 e. The molecule has 0 amide bonds. The van der Waals surface area contributed by atoms with E-state index < -0.39 is 0 Å². The average Bonchev–Trinajstić information content (AvgIpc) is 2.71. The van der Waals surface area contributed by atoms with Gasteiger partial charge in [-0.2, -0.15) is 5.10 Å². The van der Waals surface area contributed by atoms with Gasteiger partial charge in [0, 0.05) is 19.4 Å². The molecule has 6 heteroatoms. The largest absolute Gasteiger partial charge is 0.372 e. The maximum Gasteiger partial charge on any atom is 0.164 e. The first-order valence-electron chi connectivity index (χ1n) is 4.00. The van der Waals surface area contributed by atoms with E-state index in [1.807, 2.05) is 7.05 Å². The first kappa shape index (κ1) is 9.14. The number of nitrogens with zero attached hydrogens (tertiary/aromatic N) is 3. The summed E-state index contributed by atoms with van der Waals surface area (Å²) >= 11 is 3.34. The summed E-state index contributed by atoms with van der Waals surface area (Å²) in [6.45, 7) is 0. The maximum atomic E-state index is 4.30. The van der Waals surface area contributed by atoms with Crippen molar-refractivity contribution in [2.45, 2.75) is 0 Å². The van der Waals surface area contributed by atoms with Crippen LogP contribution in [0.4, 0.5) is 5.82 Å². The first-order chi connectivity index (χ1) is 6.81. The van der Waals surface area contributed by atoms with Crippen LogP contribution in [0.1, 0.15) is 0 Å². The number of H-pyrrole nitrogens is 1. The third-order valence-electron chi connectivity index (χ3n) is 1.74. The Morgan fingerprint density at radius 3 is 2.93 bits per heavy atom. The first-order valence-corrected chi connectivity index (χ1v) is 4.80. The number of hydrogen-bond acceptors (Lipinski definition) is 4. The van der Waals surface area contributed by atoms with Gasteiger partial charge >= 0.3 is 0 Å². The summed E-state index contributed by atoms with van der Waals surface area (Å²) in [5, 5.41) is 9.53. The lowest BCUT2D eigenvalue weighted by atomic mass is 10.3. The molecule has 72 valence electrons. The van der Waals surface area contributed by atoms with E-state index in [9.17, 15) is 0 Å². The lowest BCUT2D eigenvalue weighted by Crippen LogP contribution is -1.96. The van der Waals surface area contributed by atoms with E-state index in [1.165, 1.54) is 0 Å². The van der Waals surface area contributed by atoms with Crippen LogP contribution in [0.15, 0.2) is 23.1 Å². The van der Waals surface area contributed by atoms with Crippen LogP contribution >= 0.6 is 15.9 Å². The number of hydrogen-bond donors (Lipinski definition) is 2. The van der Waals surface area contributed by atoms with Gasteiger partial charge in [-0.05, 0) is 15.9 Å². The number of aromatic nitrogens is 4. The zero-order valence-corrected chi connectivity index (χ0v) is 9.04. The summed E-state index contributed by atoms with van der Waals surface area (Å²) in [6.07, 6.45) is 5.15. The Hall–Kier alpha value is -1.43. The average molecular weight is 254 g/mol. The molecule has 14 heavy (non-hydrogen) atoms. The number of nitrogens with one attached hydrogen (secondary N) is 2. The zero-order chi connectivity index (χ0) is 9.97. The Morgan fingerprint density at radius 1 is 1.43 bits per heavy atom. The highest BCUT2D eigenvalue weighted by molar-refractivity contribution is 9.10. The molecule has 0 aliphatic heterocycles. The Bertz CT molecular complexity index is 425. The van der Waals surface area contributed by atoms with Crippen LogP contribution in [0.3, 0.4) is 0 Å². The van der Waals surface area contributed by atoms with Crippen molar-refractivity contribution in [2.75, 3.05) is 12.4 Å². The SMILES string of the molecule is CNc1nc(-c2cn[nH]c2)ncc1Br. The van der Waals surface area contributed by atoms with E-state index in [0.29, 0.717) is 5.82 Å². The minimum Gasteiger partial charge on any atom is -0.372 e.